The van der Waals surface area contributed by atoms with E-state index in [2.05, 4.69) is 64.6 Å². The van der Waals surface area contributed by atoms with Gasteiger partial charge in [0.2, 0.25) is 0 Å². The maximum Gasteiger partial charge on any atom is 0.124 e. The summed E-state index contributed by atoms with van der Waals surface area (Å²) in [5.41, 5.74) is 3.51. The van der Waals surface area contributed by atoms with Crippen molar-refractivity contribution in [3.63, 3.8) is 0 Å². The molecule has 3 rings (SSSR count). The molecule has 0 fully saturated rings. The molecule has 0 amide bonds. The quantitative estimate of drug-likeness (QED) is 0.363. The van der Waals surface area contributed by atoms with Crippen molar-refractivity contribution in [3.8, 4) is 5.75 Å². The standard InChI is InChI=1S/C24H25BrClNO/c1-2-7-23(19-9-4-3-5-10-19)27-16-20-15-21(25)12-13-24(20)28-17-18-8-6-11-22(26)14-18/h3-6,8-15,23,27H,2,7,16-17H2,1H3. The summed E-state index contributed by atoms with van der Waals surface area (Å²) in [5.74, 6) is 0.888. The van der Waals surface area contributed by atoms with Gasteiger partial charge in [-0.05, 0) is 47.9 Å². The van der Waals surface area contributed by atoms with Crippen molar-refractivity contribution in [2.24, 2.45) is 0 Å². The number of ether oxygens (including phenoxy) is 1. The molecular weight excluding hydrogens is 434 g/mol. The number of hydrogen-bond acceptors (Lipinski definition) is 2. The molecule has 1 atom stereocenters. The smallest absolute Gasteiger partial charge is 0.124 e. The summed E-state index contributed by atoms with van der Waals surface area (Å²) < 4.78 is 7.16. The van der Waals surface area contributed by atoms with E-state index >= 15 is 0 Å². The molecule has 0 bridgehead atoms. The van der Waals surface area contributed by atoms with E-state index in [1.165, 1.54) is 5.56 Å². The van der Waals surface area contributed by atoms with E-state index in [9.17, 15) is 0 Å². The second-order valence-corrected chi connectivity index (χ2v) is 8.16. The molecule has 28 heavy (non-hydrogen) atoms. The Morgan fingerprint density at radius 2 is 1.82 bits per heavy atom. The van der Waals surface area contributed by atoms with Crippen LogP contribution in [-0.2, 0) is 13.2 Å². The van der Waals surface area contributed by atoms with Crippen LogP contribution in [0.15, 0.2) is 77.3 Å². The van der Waals surface area contributed by atoms with Gasteiger partial charge in [-0.25, -0.2) is 0 Å². The van der Waals surface area contributed by atoms with Gasteiger partial charge in [-0.1, -0.05) is 83.3 Å². The molecule has 1 unspecified atom stereocenters. The predicted octanol–water partition coefficient (Wildman–Crippen LogP) is 7.31. The van der Waals surface area contributed by atoms with Crippen molar-refractivity contribution in [2.75, 3.05) is 0 Å². The van der Waals surface area contributed by atoms with Crippen molar-refractivity contribution in [3.05, 3.63) is 99.0 Å². The van der Waals surface area contributed by atoms with Gasteiger partial charge in [0, 0.05) is 27.6 Å². The predicted molar refractivity (Wildman–Crippen MR) is 121 cm³/mol. The number of rotatable bonds is 9. The van der Waals surface area contributed by atoms with Gasteiger partial charge >= 0.3 is 0 Å². The molecular formula is C24H25BrClNO. The lowest BCUT2D eigenvalue weighted by Gasteiger charge is -2.20. The molecule has 0 saturated carbocycles. The van der Waals surface area contributed by atoms with E-state index in [1.54, 1.807) is 0 Å². The van der Waals surface area contributed by atoms with Gasteiger partial charge in [0.1, 0.15) is 12.4 Å². The zero-order valence-corrected chi connectivity index (χ0v) is 18.3. The maximum absolute atomic E-state index is 6.11. The first-order chi connectivity index (χ1) is 13.7. The second-order valence-electron chi connectivity index (χ2n) is 6.80. The highest BCUT2D eigenvalue weighted by Gasteiger charge is 2.12. The Morgan fingerprint density at radius 3 is 2.57 bits per heavy atom. The molecule has 0 saturated heterocycles. The van der Waals surface area contributed by atoms with Crippen LogP contribution in [0.5, 0.6) is 5.75 Å². The van der Waals surface area contributed by atoms with Crippen LogP contribution in [0.25, 0.3) is 0 Å². The largest absolute Gasteiger partial charge is 0.489 e. The molecule has 4 heteroatoms. The van der Waals surface area contributed by atoms with Crippen LogP contribution >= 0.6 is 27.5 Å². The Balaban J connectivity index is 1.71. The summed E-state index contributed by atoms with van der Waals surface area (Å²) in [6.07, 6.45) is 2.22. The average molecular weight is 459 g/mol. The first-order valence-electron chi connectivity index (χ1n) is 9.59. The lowest BCUT2D eigenvalue weighted by molar-refractivity contribution is 0.301. The molecule has 0 aliphatic heterocycles. The number of nitrogens with one attached hydrogen (secondary N) is 1. The van der Waals surface area contributed by atoms with Crippen LogP contribution in [-0.4, -0.2) is 0 Å². The Kier molecular flexibility index (Phi) is 7.96. The first-order valence-corrected chi connectivity index (χ1v) is 10.8. The molecule has 3 aromatic rings. The van der Waals surface area contributed by atoms with E-state index in [-0.39, 0.29) is 0 Å². The van der Waals surface area contributed by atoms with Gasteiger partial charge in [-0.2, -0.15) is 0 Å². The average Bonchev–Trinajstić information content (AvgIpc) is 2.71. The number of hydrogen-bond donors (Lipinski definition) is 1. The van der Waals surface area contributed by atoms with Crippen molar-refractivity contribution in [2.45, 2.75) is 39.0 Å². The highest BCUT2D eigenvalue weighted by Crippen LogP contribution is 2.26. The summed E-state index contributed by atoms with van der Waals surface area (Å²) >= 11 is 9.66. The fraction of sp³-hybridized carbons (Fsp3) is 0.250. The summed E-state index contributed by atoms with van der Waals surface area (Å²) in [6, 6.07) is 24.9. The summed E-state index contributed by atoms with van der Waals surface area (Å²) in [7, 11) is 0. The molecule has 0 heterocycles. The second kappa shape index (κ2) is 10.7. The van der Waals surface area contributed by atoms with E-state index in [0.29, 0.717) is 12.6 Å². The minimum Gasteiger partial charge on any atom is -0.489 e. The Morgan fingerprint density at radius 1 is 1.00 bits per heavy atom. The molecule has 3 aromatic carbocycles. The molecule has 0 radical (unpaired) electrons. The third-order valence-corrected chi connectivity index (χ3v) is 5.35. The van der Waals surface area contributed by atoms with Crippen molar-refractivity contribution >= 4 is 27.5 Å². The van der Waals surface area contributed by atoms with Gasteiger partial charge in [0.25, 0.3) is 0 Å². The fourth-order valence-electron chi connectivity index (χ4n) is 3.21. The van der Waals surface area contributed by atoms with Crippen LogP contribution in [0.2, 0.25) is 5.02 Å². The monoisotopic (exact) mass is 457 g/mol. The van der Waals surface area contributed by atoms with Crippen LogP contribution in [0.4, 0.5) is 0 Å². The number of benzene rings is 3. The highest BCUT2D eigenvalue weighted by molar-refractivity contribution is 9.10. The summed E-state index contributed by atoms with van der Waals surface area (Å²) in [6.45, 7) is 3.45. The van der Waals surface area contributed by atoms with Gasteiger partial charge in [0.15, 0.2) is 0 Å². The van der Waals surface area contributed by atoms with Gasteiger partial charge in [-0.3, -0.25) is 0 Å². The number of halogens is 2. The third kappa shape index (κ3) is 6.10. The lowest BCUT2D eigenvalue weighted by atomic mass is 10.0. The highest BCUT2D eigenvalue weighted by atomic mass is 79.9. The maximum atomic E-state index is 6.11. The van der Waals surface area contributed by atoms with Crippen LogP contribution in [0.1, 0.15) is 42.5 Å². The SMILES string of the molecule is CCCC(NCc1cc(Br)ccc1OCc1cccc(Cl)c1)c1ccccc1. The molecule has 0 spiro atoms. The van der Waals surface area contributed by atoms with Gasteiger partial charge < -0.3 is 10.1 Å². The Labute approximate surface area is 181 Å². The topological polar surface area (TPSA) is 21.3 Å². The summed E-state index contributed by atoms with van der Waals surface area (Å²) in [5, 5.41) is 4.43. The van der Waals surface area contributed by atoms with Crippen LogP contribution in [0, 0.1) is 0 Å². The Hall–Kier alpha value is -1.81. The molecule has 0 aliphatic carbocycles. The van der Waals surface area contributed by atoms with E-state index < -0.39 is 0 Å². The summed E-state index contributed by atoms with van der Waals surface area (Å²) in [4.78, 5) is 0. The van der Waals surface area contributed by atoms with Crippen molar-refractivity contribution in [1.82, 2.24) is 5.32 Å². The first kappa shape index (κ1) is 20.9. The van der Waals surface area contributed by atoms with Crippen LogP contribution < -0.4 is 10.1 Å². The zero-order valence-electron chi connectivity index (χ0n) is 16.0. The van der Waals surface area contributed by atoms with E-state index in [1.807, 2.05) is 36.4 Å². The normalized spacial score (nSPS) is 12.0. The van der Waals surface area contributed by atoms with E-state index in [0.717, 1.165) is 45.8 Å². The third-order valence-electron chi connectivity index (χ3n) is 4.62. The Bertz CT molecular complexity index is 885. The van der Waals surface area contributed by atoms with Crippen LogP contribution in [0.3, 0.4) is 0 Å². The lowest BCUT2D eigenvalue weighted by Crippen LogP contribution is -2.21. The van der Waals surface area contributed by atoms with Crippen molar-refractivity contribution in [1.29, 1.82) is 0 Å². The minimum atomic E-state index is 0.325. The van der Waals surface area contributed by atoms with Crippen molar-refractivity contribution < 1.29 is 4.74 Å². The molecule has 146 valence electrons. The molecule has 1 N–H and O–H groups in total. The van der Waals surface area contributed by atoms with Gasteiger partial charge in [0.05, 0.1) is 0 Å². The zero-order chi connectivity index (χ0) is 19.8. The molecule has 2 nitrogen and oxygen atoms in total. The molecule has 0 aliphatic rings. The molecule has 0 aromatic heterocycles. The minimum absolute atomic E-state index is 0.325. The fourth-order valence-corrected chi connectivity index (χ4v) is 3.83. The van der Waals surface area contributed by atoms with E-state index in [4.69, 9.17) is 16.3 Å². The van der Waals surface area contributed by atoms with Gasteiger partial charge in [-0.15, -0.1) is 0 Å².